The van der Waals surface area contributed by atoms with E-state index in [1.807, 2.05) is 0 Å². The quantitative estimate of drug-likeness (QED) is 0.323. The summed E-state index contributed by atoms with van der Waals surface area (Å²) in [5.41, 5.74) is 7.96. The number of hydrogen-bond acceptors (Lipinski definition) is 3. The van der Waals surface area contributed by atoms with Gasteiger partial charge in [0.05, 0.1) is 6.10 Å². The van der Waals surface area contributed by atoms with E-state index in [4.69, 9.17) is 10.6 Å². The molecule has 0 radical (unpaired) electrons. The molecule has 1 rings (SSSR count). The monoisotopic (exact) mass is 142 g/mol. The summed E-state index contributed by atoms with van der Waals surface area (Å²) < 4.78 is 0. The van der Waals surface area contributed by atoms with Crippen LogP contribution in [0.3, 0.4) is 0 Å². The maximum Gasteiger partial charge on any atom is 0.0679 e. The number of aliphatic hydroxyl groups excluding tert-OH is 1. The van der Waals surface area contributed by atoms with Gasteiger partial charge in [0.15, 0.2) is 0 Å². The van der Waals surface area contributed by atoms with Crippen LogP contribution in [0, 0.1) is 0 Å². The lowest BCUT2D eigenvalue weighted by Gasteiger charge is -2.02. The summed E-state index contributed by atoms with van der Waals surface area (Å²) in [6.45, 7) is 1.05. The number of rotatable bonds is 2. The number of nitrogens with zero attached hydrogens (tertiary/aromatic N) is 3. The Labute approximate surface area is 58.7 Å². The largest absolute Gasteiger partial charge is 0.392 e. The zero-order valence-electron chi connectivity index (χ0n) is 5.56. The van der Waals surface area contributed by atoms with Crippen LogP contribution in [0.5, 0.6) is 0 Å². The molecule has 1 fully saturated rings. The number of hydrogen-bond donors (Lipinski definition) is 2. The summed E-state index contributed by atoms with van der Waals surface area (Å²) in [5, 5.41) is 15.4. The molecule has 0 unspecified atom stereocenters. The number of azide groups is 1. The van der Waals surface area contributed by atoms with Crippen molar-refractivity contribution in [2.24, 2.45) is 5.11 Å². The minimum absolute atomic E-state index is 0.172. The second kappa shape index (κ2) is 3.41. The van der Waals surface area contributed by atoms with E-state index in [0.29, 0.717) is 19.5 Å². The molecule has 0 amide bonds. The van der Waals surface area contributed by atoms with Crippen molar-refractivity contribution in [1.29, 1.82) is 0 Å². The van der Waals surface area contributed by atoms with Crippen molar-refractivity contribution in [2.75, 3.05) is 13.1 Å². The molecule has 0 saturated carbocycles. The smallest absolute Gasteiger partial charge is 0.0679 e. The lowest BCUT2D eigenvalue weighted by atomic mass is 10.2. The zero-order chi connectivity index (χ0) is 7.40. The normalized spacial score (nSPS) is 31.7. The van der Waals surface area contributed by atoms with E-state index in [1.54, 1.807) is 0 Å². The second-order valence-electron chi connectivity index (χ2n) is 2.41. The molecule has 10 heavy (non-hydrogen) atoms. The topological polar surface area (TPSA) is 81.0 Å². The highest BCUT2D eigenvalue weighted by Gasteiger charge is 2.20. The van der Waals surface area contributed by atoms with Crippen LogP contribution in [-0.2, 0) is 0 Å². The lowest BCUT2D eigenvalue weighted by molar-refractivity contribution is 0.193. The van der Waals surface area contributed by atoms with Crippen LogP contribution in [0.4, 0.5) is 0 Å². The van der Waals surface area contributed by atoms with E-state index >= 15 is 0 Å². The summed E-state index contributed by atoms with van der Waals surface area (Å²) in [6.07, 6.45) is 0.429. The molecule has 0 aromatic rings. The first kappa shape index (κ1) is 7.34. The van der Waals surface area contributed by atoms with Gasteiger partial charge in [0, 0.05) is 24.0 Å². The van der Waals surface area contributed by atoms with Crippen molar-refractivity contribution < 1.29 is 5.11 Å². The summed E-state index contributed by atoms with van der Waals surface area (Å²) in [7, 11) is 0. The van der Waals surface area contributed by atoms with Gasteiger partial charge < -0.3 is 10.4 Å². The summed E-state index contributed by atoms with van der Waals surface area (Å²) >= 11 is 0. The average Bonchev–Trinajstić information content (AvgIpc) is 2.31. The molecule has 0 aromatic carbocycles. The first-order valence-electron chi connectivity index (χ1n) is 3.25. The molecule has 1 aliphatic rings. The minimum Gasteiger partial charge on any atom is -0.392 e. The van der Waals surface area contributed by atoms with Gasteiger partial charge >= 0.3 is 0 Å². The Morgan fingerprint density at radius 2 is 2.60 bits per heavy atom. The molecule has 1 saturated heterocycles. The Balaban J connectivity index is 2.24. The van der Waals surface area contributed by atoms with Crippen molar-refractivity contribution >= 4 is 0 Å². The molecule has 1 heterocycles. The fourth-order valence-corrected chi connectivity index (χ4v) is 1.07. The Morgan fingerprint density at radius 1 is 1.80 bits per heavy atom. The Kier molecular flexibility index (Phi) is 2.50. The second-order valence-corrected chi connectivity index (χ2v) is 2.41. The highest BCUT2D eigenvalue weighted by atomic mass is 16.3. The average molecular weight is 142 g/mol. The molecule has 0 aromatic heterocycles. The minimum atomic E-state index is -0.265. The van der Waals surface area contributed by atoms with Gasteiger partial charge in [0.1, 0.15) is 0 Å². The summed E-state index contributed by atoms with van der Waals surface area (Å²) in [5.74, 6) is 0. The van der Waals surface area contributed by atoms with Gasteiger partial charge in [0.2, 0.25) is 0 Å². The molecule has 2 atom stereocenters. The van der Waals surface area contributed by atoms with Crippen molar-refractivity contribution in [3.63, 3.8) is 0 Å². The molecule has 5 nitrogen and oxygen atoms in total. The van der Waals surface area contributed by atoms with Crippen molar-refractivity contribution in [1.82, 2.24) is 5.32 Å². The van der Waals surface area contributed by atoms with Crippen LogP contribution in [0.25, 0.3) is 10.4 Å². The zero-order valence-corrected chi connectivity index (χ0v) is 5.56. The fourth-order valence-electron chi connectivity index (χ4n) is 1.07. The third-order valence-electron chi connectivity index (χ3n) is 1.56. The first-order valence-corrected chi connectivity index (χ1v) is 3.25. The highest BCUT2D eigenvalue weighted by Crippen LogP contribution is 2.05. The van der Waals surface area contributed by atoms with Gasteiger partial charge in [-0.25, -0.2) is 0 Å². The van der Waals surface area contributed by atoms with Gasteiger partial charge in [-0.05, 0) is 12.0 Å². The number of nitrogens with one attached hydrogen (secondary N) is 1. The maximum atomic E-state index is 9.00. The SMILES string of the molecule is [N-]=[N+]=NC[C@H]1C[C@H](O)CN1. The fraction of sp³-hybridized carbons (Fsp3) is 1.00. The van der Waals surface area contributed by atoms with E-state index in [-0.39, 0.29) is 12.1 Å². The molecule has 2 N–H and O–H groups in total. The molecule has 0 spiro atoms. The highest BCUT2D eigenvalue weighted by molar-refractivity contribution is 4.82. The van der Waals surface area contributed by atoms with Gasteiger partial charge in [-0.2, -0.15) is 0 Å². The summed E-state index contributed by atoms with van der Waals surface area (Å²) in [4.78, 5) is 2.63. The predicted molar refractivity (Wildman–Crippen MR) is 36.4 cm³/mol. The number of β-amino-alcohol motifs (C(OH)–C–C–N with tert-alkyl or cyclic N) is 1. The standard InChI is InChI=1S/C5H10N4O/c6-9-8-2-4-1-5(10)3-7-4/h4-5,7,10H,1-3H2/t4-,5+/m1/s1. The van der Waals surface area contributed by atoms with Crippen LogP contribution < -0.4 is 5.32 Å². The molecule has 0 bridgehead atoms. The van der Waals surface area contributed by atoms with Gasteiger partial charge in [-0.15, -0.1) is 0 Å². The van der Waals surface area contributed by atoms with E-state index in [2.05, 4.69) is 15.3 Å². The maximum absolute atomic E-state index is 9.00. The van der Waals surface area contributed by atoms with Crippen LogP contribution in [0.15, 0.2) is 5.11 Å². The Morgan fingerprint density at radius 3 is 3.10 bits per heavy atom. The summed E-state index contributed by atoms with van der Waals surface area (Å²) in [6, 6.07) is 0.172. The molecule has 1 aliphatic heterocycles. The third-order valence-corrected chi connectivity index (χ3v) is 1.56. The lowest BCUT2D eigenvalue weighted by Crippen LogP contribution is -2.23. The molecule has 5 heteroatoms. The number of aliphatic hydroxyl groups is 1. The Hall–Kier alpha value is -0.770. The van der Waals surface area contributed by atoms with E-state index < -0.39 is 0 Å². The van der Waals surface area contributed by atoms with Crippen molar-refractivity contribution in [2.45, 2.75) is 18.6 Å². The van der Waals surface area contributed by atoms with Crippen LogP contribution in [0.2, 0.25) is 0 Å². The molecule has 0 aliphatic carbocycles. The molecular formula is C5H10N4O. The van der Waals surface area contributed by atoms with E-state index in [1.165, 1.54) is 0 Å². The van der Waals surface area contributed by atoms with Crippen molar-refractivity contribution in [3.05, 3.63) is 10.4 Å². The van der Waals surface area contributed by atoms with Gasteiger partial charge in [0.25, 0.3) is 0 Å². The molecular weight excluding hydrogens is 132 g/mol. The van der Waals surface area contributed by atoms with Crippen LogP contribution in [-0.4, -0.2) is 30.3 Å². The van der Waals surface area contributed by atoms with Gasteiger partial charge in [-0.1, -0.05) is 5.11 Å². The van der Waals surface area contributed by atoms with E-state index in [9.17, 15) is 0 Å². The van der Waals surface area contributed by atoms with Crippen molar-refractivity contribution in [3.8, 4) is 0 Å². The van der Waals surface area contributed by atoms with E-state index in [0.717, 1.165) is 0 Å². The Bertz CT molecular complexity index is 154. The van der Waals surface area contributed by atoms with Crippen LogP contribution >= 0.6 is 0 Å². The molecule has 56 valence electrons. The predicted octanol–water partition coefficient (Wildman–Crippen LogP) is 0.0195. The van der Waals surface area contributed by atoms with Crippen LogP contribution in [0.1, 0.15) is 6.42 Å². The van der Waals surface area contributed by atoms with Gasteiger partial charge in [-0.3, -0.25) is 0 Å². The third kappa shape index (κ3) is 1.88. The first-order chi connectivity index (χ1) is 4.83.